The number of nitrogens with zero attached hydrogens (tertiary/aromatic N) is 1. The third-order valence-electron chi connectivity index (χ3n) is 4.07. The summed E-state index contributed by atoms with van der Waals surface area (Å²) >= 11 is 0. The predicted octanol–water partition coefficient (Wildman–Crippen LogP) is 1.72. The fraction of sp³-hybridized carbons (Fsp3) is 0.375. The van der Waals surface area contributed by atoms with E-state index in [1.54, 1.807) is 18.2 Å². The van der Waals surface area contributed by atoms with Crippen LogP contribution in [-0.4, -0.2) is 39.5 Å². The van der Waals surface area contributed by atoms with Crippen LogP contribution in [0.3, 0.4) is 0 Å². The van der Waals surface area contributed by atoms with Gasteiger partial charge in [0.1, 0.15) is 11.5 Å². The minimum Gasteiger partial charge on any atom is -0.468 e. The van der Waals surface area contributed by atoms with Crippen molar-refractivity contribution < 1.29 is 21.3 Å². The van der Waals surface area contributed by atoms with E-state index >= 15 is 0 Å². The van der Waals surface area contributed by atoms with Crippen LogP contribution < -0.4 is 0 Å². The molecule has 1 fully saturated rings. The van der Waals surface area contributed by atoms with Gasteiger partial charge in [0.2, 0.25) is 10.0 Å². The lowest BCUT2D eigenvalue weighted by Gasteiger charge is -2.37. The average Bonchev–Trinajstić information content (AvgIpc) is 2.87. The van der Waals surface area contributed by atoms with Crippen LogP contribution in [0.1, 0.15) is 16.9 Å². The maximum absolute atomic E-state index is 12.4. The number of hydrogen-bond acceptors (Lipinski definition) is 5. The Hall–Kier alpha value is -1.64. The molecule has 0 atom stereocenters. The smallest absolute Gasteiger partial charge is 0.218 e. The first-order valence-corrected chi connectivity index (χ1v) is 10.9. The molecule has 0 unspecified atom stereocenters. The standard InChI is InChI=1S/C16H19NO5S2/c1-13-4-2-5-14(8-13)11-24(20,21)17-9-16(10-17)23(18,19)12-15-6-3-7-22-15/h2-8,16H,9-12H2,1H3. The predicted molar refractivity (Wildman–Crippen MR) is 90.5 cm³/mol. The molecule has 0 saturated carbocycles. The maximum Gasteiger partial charge on any atom is 0.218 e. The van der Waals surface area contributed by atoms with Crippen molar-refractivity contribution in [2.75, 3.05) is 13.1 Å². The zero-order valence-corrected chi connectivity index (χ0v) is 14.9. The van der Waals surface area contributed by atoms with Gasteiger partial charge < -0.3 is 4.42 Å². The minimum absolute atomic E-state index is 0.0111. The summed E-state index contributed by atoms with van der Waals surface area (Å²) < 4.78 is 55.6. The van der Waals surface area contributed by atoms with Crippen molar-refractivity contribution >= 4 is 19.9 Å². The Morgan fingerprint density at radius 3 is 2.46 bits per heavy atom. The van der Waals surface area contributed by atoms with Gasteiger partial charge in [-0.05, 0) is 24.6 Å². The van der Waals surface area contributed by atoms with Crippen molar-refractivity contribution in [3.05, 3.63) is 59.5 Å². The largest absolute Gasteiger partial charge is 0.468 e. The van der Waals surface area contributed by atoms with Crippen molar-refractivity contribution in [3.63, 3.8) is 0 Å². The zero-order valence-electron chi connectivity index (χ0n) is 13.3. The molecule has 0 N–H and O–H groups in total. The van der Waals surface area contributed by atoms with Crippen LogP contribution in [0, 0.1) is 6.92 Å². The number of sulfone groups is 1. The molecule has 1 saturated heterocycles. The molecule has 2 heterocycles. The molecule has 0 bridgehead atoms. The quantitative estimate of drug-likeness (QED) is 0.774. The molecular weight excluding hydrogens is 350 g/mol. The fourth-order valence-electron chi connectivity index (χ4n) is 2.67. The Bertz CT molecular complexity index is 911. The molecule has 0 radical (unpaired) electrons. The minimum atomic E-state index is -3.50. The molecule has 6 nitrogen and oxygen atoms in total. The van der Waals surface area contributed by atoms with Crippen LogP contribution in [0.4, 0.5) is 0 Å². The molecule has 1 aliphatic heterocycles. The van der Waals surface area contributed by atoms with Gasteiger partial charge in [-0.1, -0.05) is 29.8 Å². The van der Waals surface area contributed by atoms with Crippen molar-refractivity contribution in [1.82, 2.24) is 4.31 Å². The topological polar surface area (TPSA) is 84.7 Å². The van der Waals surface area contributed by atoms with E-state index in [1.807, 2.05) is 25.1 Å². The van der Waals surface area contributed by atoms with Gasteiger partial charge in [-0.15, -0.1) is 0 Å². The normalized spacial score (nSPS) is 16.9. The Morgan fingerprint density at radius 2 is 1.83 bits per heavy atom. The number of rotatable bonds is 6. The summed E-state index contributed by atoms with van der Waals surface area (Å²) in [5.41, 5.74) is 1.70. The summed E-state index contributed by atoms with van der Waals surface area (Å²) in [6, 6.07) is 10.5. The van der Waals surface area contributed by atoms with Crippen LogP contribution in [0.5, 0.6) is 0 Å². The summed E-state index contributed by atoms with van der Waals surface area (Å²) in [6.07, 6.45) is 1.42. The Balaban J connectivity index is 1.63. The molecule has 24 heavy (non-hydrogen) atoms. The van der Waals surface area contributed by atoms with Crippen LogP contribution in [0.25, 0.3) is 0 Å². The van der Waals surface area contributed by atoms with E-state index in [-0.39, 0.29) is 24.6 Å². The highest BCUT2D eigenvalue weighted by Gasteiger charge is 2.43. The molecule has 0 spiro atoms. The van der Waals surface area contributed by atoms with Crippen LogP contribution in [-0.2, 0) is 31.4 Å². The van der Waals surface area contributed by atoms with E-state index in [9.17, 15) is 16.8 Å². The van der Waals surface area contributed by atoms with Gasteiger partial charge in [0.15, 0.2) is 9.84 Å². The first-order valence-electron chi connectivity index (χ1n) is 7.53. The lowest BCUT2D eigenvalue weighted by atomic mass is 10.2. The number of hydrogen-bond donors (Lipinski definition) is 0. The van der Waals surface area contributed by atoms with Gasteiger partial charge in [-0.2, -0.15) is 4.31 Å². The van der Waals surface area contributed by atoms with Crippen LogP contribution in [0.2, 0.25) is 0 Å². The van der Waals surface area contributed by atoms with E-state index in [4.69, 9.17) is 4.42 Å². The first-order chi connectivity index (χ1) is 11.3. The lowest BCUT2D eigenvalue weighted by Crippen LogP contribution is -2.57. The molecule has 1 aliphatic rings. The summed E-state index contributed by atoms with van der Waals surface area (Å²) in [5, 5.41) is -0.671. The lowest BCUT2D eigenvalue weighted by molar-refractivity contribution is 0.308. The monoisotopic (exact) mass is 369 g/mol. The molecule has 0 aliphatic carbocycles. The van der Waals surface area contributed by atoms with Crippen molar-refractivity contribution in [3.8, 4) is 0 Å². The second-order valence-corrected chi connectivity index (χ2v) is 10.3. The fourth-order valence-corrected chi connectivity index (χ4v) is 6.07. The molecular formula is C16H19NO5S2. The van der Waals surface area contributed by atoms with E-state index in [0.29, 0.717) is 11.3 Å². The number of sulfonamides is 1. The molecule has 1 aromatic carbocycles. The van der Waals surface area contributed by atoms with E-state index in [1.165, 1.54) is 10.6 Å². The zero-order chi connectivity index (χ0) is 17.4. The summed E-state index contributed by atoms with van der Waals surface area (Å²) in [6.45, 7) is 1.92. The van der Waals surface area contributed by atoms with E-state index < -0.39 is 25.1 Å². The van der Waals surface area contributed by atoms with Gasteiger partial charge in [0.05, 0.1) is 17.3 Å². The summed E-state index contributed by atoms with van der Waals surface area (Å²) in [5.74, 6) is 0.0619. The second-order valence-electron chi connectivity index (χ2n) is 6.07. The first kappa shape index (κ1) is 17.2. The van der Waals surface area contributed by atoms with Crippen LogP contribution in [0.15, 0.2) is 47.1 Å². The molecule has 130 valence electrons. The highest BCUT2D eigenvalue weighted by molar-refractivity contribution is 7.92. The molecule has 0 amide bonds. The number of furan rings is 1. The van der Waals surface area contributed by atoms with E-state index in [0.717, 1.165) is 5.56 Å². The van der Waals surface area contributed by atoms with Crippen molar-refractivity contribution in [1.29, 1.82) is 0 Å². The summed E-state index contributed by atoms with van der Waals surface area (Å²) in [7, 11) is -6.92. The number of benzene rings is 1. The Morgan fingerprint density at radius 1 is 1.08 bits per heavy atom. The van der Waals surface area contributed by atoms with Crippen molar-refractivity contribution in [2.24, 2.45) is 0 Å². The SMILES string of the molecule is Cc1cccc(CS(=O)(=O)N2CC(S(=O)(=O)Cc3ccco3)C2)c1. The Labute approximate surface area is 142 Å². The molecule has 3 rings (SSSR count). The molecule has 1 aromatic heterocycles. The second kappa shape index (κ2) is 6.34. The van der Waals surface area contributed by atoms with Gasteiger partial charge in [-0.25, -0.2) is 16.8 Å². The van der Waals surface area contributed by atoms with Crippen LogP contribution >= 0.6 is 0 Å². The average molecular weight is 369 g/mol. The third kappa shape index (κ3) is 3.71. The van der Waals surface area contributed by atoms with Gasteiger partial charge in [0.25, 0.3) is 0 Å². The van der Waals surface area contributed by atoms with Gasteiger partial charge in [0, 0.05) is 13.1 Å². The molecule has 8 heteroatoms. The third-order valence-corrected chi connectivity index (χ3v) is 7.85. The number of aryl methyl sites for hydroxylation is 1. The molecule has 2 aromatic rings. The maximum atomic E-state index is 12.4. The van der Waals surface area contributed by atoms with Gasteiger partial charge in [-0.3, -0.25) is 0 Å². The van der Waals surface area contributed by atoms with E-state index in [2.05, 4.69) is 0 Å². The Kier molecular flexibility index (Phi) is 4.54. The summed E-state index contributed by atoms with van der Waals surface area (Å²) in [4.78, 5) is 0. The highest BCUT2D eigenvalue weighted by Crippen LogP contribution is 2.25. The van der Waals surface area contributed by atoms with Gasteiger partial charge >= 0.3 is 0 Å². The van der Waals surface area contributed by atoms with Crippen molar-refractivity contribution in [2.45, 2.75) is 23.7 Å². The highest BCUT2D eigenvalue weighted by atomic mass is 32.2.